The number of carbonyl (C=O) groups excluding carboxylic acids is 1. The lowest BCUT2D eigenvalue weighted by Crippen LogP contribution is -2.59. The van der Waals surface area contributed by atoms with Gasteiger partial charge in [0.1, 0.15) is 0 Å². The SMILES string of the molecule is CC1CCN(C(=O)N2CC(C)NC(C)C2)CC1.Cl. The highest BCUT2D eigenvalue weighted by Gasteiger charge is 2.29. The average molecular weight is 276 g/mol. The van der Waals surface area contributed by atoms with Crippen LogP contribution in [0.3, 0.4) is 0 Å². The third kappa shape index (κ3) is 3.75. The Kier molecular flexibility index (Phi) is 5.73. The highest BCUT2D eigenvalue weighted by molar-refractivity contribution is 5.85. The predicted octanol–water partition coefficient (Wildman–Crippen LogP) is 1.94. The molecular formula is C13H26ClN3O. The van der Waals surface area contributed by atoms with Gasteiger partial charge in [0, 0.05) is 38.3 Å². The molecule has 0 spiro atoms. The second-order valence-corrected chi connectivity index (χ2v) is 5.83. The molecule has 106 valence electrons. The van der Waals surface area contributed by atoms with Crippen molar-refractivity contribution in [2.24, 2.45) is 5.92 Å². The fraction of sp³-hybridized carbons (Fsp3) is 0.923. The second kappa shape index (κ2) is 6.62. The van der Waals surface area contributed by atoms with E-state index in [2.05, 4.69) is 26.1 Å². The van der Waals surface area contributed by atoms with Crippen LogP contribution in [0, 0.1) is 5.92 Å². The summed E-state index contributed by atoms with van der Waals surface area (Å²) in [7, 11) is 0. The summed E-state index contributed by atoms with van der Waals surface area (Å²) in [5.41, 5.74) is 0. The molecule has 2 rings (SSSR count). The van der Waals surface area contributed by atoms with Crippen molar-refractivity contribution in [3.05, 3.63) is 0 Å². The standard InChI is InChI=1S/C13H25N3O.ClH/c1-10-4-6-15(7-5-10)13(17)16-8-11(2)14-12(3)9-16;/h10-12,14H,4-9H2,1-3H3;1H. The van der Waals surface area contributed by atoms with Crippen molar-refractivity contribution in [3.8, 4) is 0 Å². The second-order valence-electron chi connectivity index (χ2n) is 5.83. The van der Waals surface area contributed by atoms with E-state index in [-0.39, 0.29) is 18.4 Å². The molecule has 0 aromatic heterocycles. The first-order chi connectivity index (χ1) is 8.06. The van der Waals surface area contributed by atoms with E-state index in [1.807, 2.05) is 9.80 Å². The number of rotatable bonds is 0. The summed E-state index contributed by atoms with van der Waals surface area (Å²) in [6, 6.07) is 1.06. The minimum absolute atomic E-state index is 0. The summed E-state index contributed by atoms with van der Waals surface area (Å²) in [6.45, 7) is 10.1. The zero-order valence-corrected chi connectivity index (χ0v) is 12.5. The van der Waals surface area contributed by atoms with E-state index in [1.54, 1.807) is 0 Å². The van der Waals surface area contributed by atoms with Crippen LogP contribution in [-0.2, 0) is 0 Å². The molecule has 2 aliphatic heterocycles. The van der Waals surface area contributed by atoms with Crippen molar-refractivity contribution in [1.82, 2.24) is 15.1 Å². The van der Waals surface area contributed by atoms with Crippen molar-refractivity contribution < 1.29 is 4.79 Å². The molecule has 2 heterocycles. The molecule has 2 fully saturated rings. The Bertz CT molecular complexity index is 269. The van der Waals surface area contributed by atoms with E-state index in [4.69, 9.17) is 0 Å². The molecule has 2 saturated heterocycles. The number of hydrogen-bond donors (Lipinski definition) is 1. The van der Waals surface area contributed by atoms with Crippen LogP contribution in [0.4, 0.5) is 4.79 Å². The van der Waals surface area contributed by atoms with E-state index in [0.29, 0.717) is 12.1 Å². The van der Waals surface area contributed by atoms with Crippen LogP contribution in [-0.4, -0.2) is 54.1 Å². The maximum Gasteiger partial charge on any atom is 0.320 e. The summed E-state index contributed by atoms with van der Waals surface area (Å²) >= 11 is 0. The number of hydrogen-bond acceptors (Lipinski definition) is 2. The molecular weight excluding hydrogens is 250 g/mol. The molecule has 0 aromatic rings. The largest absolute Gasteiger partial charge is 0.325 e. The minimum Gasteiger partial charge on any atom is -0.325 e. The molecule has 0 radical (unpaired) electrons. The highest BCUT2D eigenvalue weighted by Crippen LogP contribution is 2.18. The van der Waals surface area contributed by atoms with Crippen molar-refractivity contribution in [2.75, 3.05) is 26.2 Å². The van der Waals surface area contributed by atoms with Gasteiger partial charge in [-0.1, -0.05) is 6.92 Å². The normalized spacial score (nSPS) is 29.9. The van der Waals surface area contributed by atoms with Crippen molar-refractivity contribution in [1.29, 1.82) is 0 Å². The van der Waals surface area contributed by atoms with Gasteiger partial charge >= 0.3 is 6.03 Å². The molecule has 2 unspecified atom stereocenters. The number of carbonyl (C=O) groups is 1. The lowest BCUT2D eigenvalue weighted by molar-refractivity contribution is 0.114. The average Bonchev–Trinajstić information content (AvgIpc) is 2.28. The van der Waals surface area contributed by atoms with Crippen molar-refractivity contribution in [3.63, 3.8) is 0 Å². The molecule has 0 bridgehead atoms. The number of likely N-dealkylation sites (tertiary alicyclic amines) is 1. The van der Waals surface area contributed by atoms with Gasteiger partial charge in [-0.25, -0.2) is 4.79 Å². The van der Waals surface area contributed by atoms with E-state index in [1.165, 1.54) is 0 Å². The first-order valence-corrected chi connectivity index (χ1v) is 6.86. The molecule has 2 aliphatic rings. The highest BCUT2D eigenvalue weighted by atomic mass is 35.5. The molecule has 1 N–H and O–H groups in total. The van der Waals surface area contributed by atoms with Crippen molar-refractivity contribution in [2.45, 2.75) is 45.7 Å². The maximum absolute atomic E-state index is 12.4. The smallest absolute Gasteiger partial charge is 0.320 e. The van der Waals surface area contributed by atoms with Gasteiger partial charge in [-0.3, -0.25) is 0 Å². The zero-order valence-electron chi connectivity index (χ0n) is 11.7. The minimum atomic E-state index is 0. The summed E-state index contributed by atoms with van der Waals surface area (Å²) in [5.74, 6) is 0.778. The molecule has 2 amide bonds. The zero-order chi connectivity index (χ0) is 12.4. The van der Waals surface area contributed by atoms with E-state index in [0.717, 1.165) is 44.9 Å². The summed E-state index contributed by atoms with van der Waals surface area (Å²) < 4.78 is 0. The Morgan fingerprint density at radius 2 is 1.50 bits per heavy atom. The van der Waals surface area contributed by atoms with Crippen LogP contribution >= 0.6 is 12.4 Å². The van der Waals surface area contributed by atoms with Gasteiger partial charge in [0.25, 0.3) is 0 Å². The van der Waals surface area contributed by atoms with Crippen LogP contribution < -0.4 is 5.32 Å². The molecule has 2 atom stereocenters. The van der Waals surface area contributed by atoms with Gasteiger partial charge in [0.05, 0.1) is 0 Å². The number of piperazine rings is 1. The first kappa shape index (κ1) is 15.6. The third-order valence-corrected chi connectivity index (χ3v) is 3.88. The maximum atomic E-state index is 12.4. The lowest BCUT2D eigenvalue weighted by Gasteiger charge is -2.40. The Morgan fingerprint density at radius 3 is 2.00 bits per heavy atom. The van der Waals surface area contributed by atoms with Crippen LogP contribution in [0.1, 0.15) is 33.6 Å². The topological polar surface area (TPSA) is 35.6 Å². The molecule has 0 aliphatic carbocycles. The molecule has 0 aromatic carbocycles. The number of piperidine rings is 1. The number of urea groups is 1. The van der Waals surface area contributed by atoms with Gasteiger partial charge < -0.3 is 15.1 Å². The lowest BCUT2D eigenvalue weighted by atomic mass is 9.99. The number of nitrogens with zero attached hydrogens (tertiary/aromatic N) is 2. The fourth-order valence-corrected chi connectivity index (χ4v) is 2.88. The number of halogens is 1. The molecule has 0 saturated carbocycles. The van der Waals surface area contributed by atoms with E-state index < -0.39 is 0 Å². The fourth-order valence-electron chi connectivity index (χ4n) is 2.88. The summed E-state index contributed by atoms with van der Waals surface area (Å²) in [6.07, 6.45) is 2.31. The Balaban J connectivity index is 0.00000162. The number of amides is 2. The van der Waals surface area contributed by atoms with Crippen LogP contribution in [0.5, 0.6) is 0 Å². The Labute approximate surface area is 116 Å². The van der Waals surface area contributed by atoms with Crippen molar-refractivity contribution >= 4 is 18.4 Å². The summed E-state index contributed by atoms with van der Waals surface area (Å²) in [4.78, 5) is 16.4. The molecule has 18 heavy (non-hydrogen) atoms. The van der Waals surface area contributed by atoms with Gasteiger partial charge in [-0.15, -0.1) is 12.4 Å². The first-order valence-electron chi connectivity index (χ1n) is 6.86. The van der Waals surface area contributed by atoms with Gasteiger partial charge in [0.15, 0.2) is 0 Å². The Morgan fingerprint density at radius 1 is 1.00 bits per heavy atom. The van der Waals surface area contributed by atoms with Gasteiger partial charge in [-0.05, 0) is 32.6 Å². The Hall–Kier alpha value is -0.480. The van der Waals surface area contributed by atoms with E-state index in [9.17, 15) is 4.79 Å². The number of nitrogens with one attached hydrogen (secondary N) is 1. The molecule has 5 heteroatoms. The van der Waals surface area contributed by atoms with Crippen LogP contribution in [0.15, 0.2) is 0 Å². The van der Waals surface area contributed by atoms with Gasteiger partial charge in [0.2, 0.25) is 0 Å². The van der Waals surface area contributed by atoms with Gasteiger partial charge in [-0.2, -0.15) is 0 Å². The van der Waals surface area contributed by atoms with Crippen LogP contribution in [0.2, 0.25) is 0 Å². The predicted molar refractivity (Wildman–Crippen MR) is 76.2 cm³/mol. The summed E-state index contributed by atoms with van der Waals surface area (Å²) in [5, 5.41) is 3.46. The quantitative estimate of drug-likeness (QED) is 0.733. The van der Waals surface area contributed by atoms with E-state index >= 15 is 0 Å². The monoisotopic (exact) mass is 275 g/mol. The molecule has 4 nitrogen and oxygen atoms in total. The third-order valence-electron chi connectivity index (χ3n) is 3.88. The van der Waals surface area contributed by atoms with Crippen LogP contribution in [0.25, 0.3) is 0 Å².